The van der Waals surface area contributed by atoms with E-state index in [1.54, 1.807) is 0 Å². The Balaban J connectivity index is 1.46. The number of nitrogens with zero attached hydrogens (tertiary/aromatic N) is 2. The highest BCUT2D eigenvalue weighted by atomic mass is 14.8. The molecule has 7 aromatic rings. The van der Waals surface area contributed by atoms with Gasteiger partial charge in [-0.05, 0) is 56.6 Å². The zero-order valence-electron chi connectivity index (χ0n) is 21.9. The minimum absolute atomic E-state index is 0.0326. The third-order valence-corrected chi connectivity index (χ3v) is 8.44. The number of benzene rings is 6. The van der Waals surface area contributed by atoms with E-state index in [9.17, 15) is 0 Å². The Hall–Kier alpha value is -4.82. The van der Waals surface area contributed by atoms with Crippen LogP contribution >= 0.6 is 0 Å². The standard InChI is InChI=1S/C37H26N2/c1-37(2)31-18-9-8-16-27(31)30-22-29-25(21-32(30)37)14-10-17-28(29)36-34(24-12-4-3-5-13-24)39-35-26-15-7-6-11-23(26)19-20-33(35)38-36/h3-22H,1-2H3. The summed E-state index contributed by atoms with van der Waals surface area (Å²) in [6.07, 6.45) is 0. The highest BCUT2D eigenvalue weighted by molar-refractivity contribution is 6.07. The van der Waals surface area contributed by atoms with Crippen LogP contribution in [0.4, 0.5) is 0 Å². The molecule has 0 bridgehead atoms. The lowest BCUT2D eigenvalue weighted by molar-refractivity contribution is 0.661. The summed E-state index contributed by atoms with van der Waals surface area (Å²) in [7, 11) is 0. The Kier molecular flexibility index (Phi) is 4.60. The van der Waals surface area contributed by atoms with E-state index < -0.39 is 0 Å². The topological polar surface area (TPSA) is 25.8 Å². The predicted octanol–water partition coefficient (Wildman–Crippen LogP) is 9.58. The van der Waals surface area contributed by atoms with E-state index in [0.717, 1.165) is 38.9 Å². The van der Waals surface area contributed by atoms with E-state index in [2.05, 4.69) is 129 Å². The lowest BCUT2D eigenvalue weighted by atomic mass is 9.81. The second-order valence-electron chi connectivity index (χ2n) is 11.0. The summed E-state index contributed by atoms with van der Waals surface area (Å²) in [5.74, 6) is 0. The van der Waals surface area contributed by atoms with Gasteiger partial charge in [-0.1, -0.05) is 117 Å². The van der Waals surface area contributed by atoms with Gasteiger partial charge in [-0.2, -0.15) is 0 Å². The Morgan fingerprint density at radius 3 is 2.13 bits per heavy atom. The fourth-order valence-electron chi connectivity index (χ4n) is 6.45. The van der Waals surface area contributed by atoms with Crippen molar-refractivity contribution < 1.29 is 0 Å². The van der Waals surface area contributed by atoms with Crippen LogP contribution in [0.15, 0.2) is 121 Å². The molecule has 0 N–H and O–H groups in total. The summed E-state index contributed by atoms with van der Waals surface area (Å²) in [4.78, 5) is 10.7. The smallest absolute Gasteiger partial charge is 0.0979 e. The molecule has 1 aliphatic rings. The number of aromatic nitrogens is 2. The van der Waals surface area contributed by atoms with Crippen LogP contribution in [0.1, 0.15) is 25.0 Å². The van der Waals surface area contributed by atoms with E-state index in [0.29, 0.717) is 0 Å². The summed E-state index contributed by atoms with van der Waals surface area (Å²) in [6.45, 7) is 4.67. The van der Waals surface area contributed by atoms with Crippen molar-refractivity contribution in [3.63, 3.8) is 0 Å². The van der Waals surface area contributed by atoms with Crippen molar-refractivity contribution in [1.82, 2.24) is 9.97 Å². The van der Waals surface area contributed by atoms with Crippen molar-refractivity contribution >= 4 is 32.6 Å². The van der Waals surface area contributed by atoms with E-state index in [1.807, 2.05) is 6.07 Å². The SMILES string of the molecule is CC1(C)c2ccccc2-c2cc3c(-c4nc5ccc6ccccc6c5nc4-c4ccccc4)cccc3cc21. The van der Waals surface area contributed by atoms with Crippen LogP contribution in [0.3, 0.4) is 0 Å². The number of hydrogen-bond donors (Lipinski definition) is 0. The third-order valence-electron chi connectivity index (χ3n) is 8.44. The Morgan fingerprint density at radius 1 is 0.487 bits per heavy atom. The molecule has 1 aromatic heterocycles. The molecule has 0 aliphatic heterocycles. The van der Waals surface area contributed by atoms with Crippen molar-refractivity contribution in [3.05, 3.63) is 132 Å². The molecular formula is C37H26N2. The molecule has 0 fully saturated rings. The molecule has 1 heterocycles. The zero-order valence-corrected chi connectivity index (χ0v) is 21.9. The Morgan fingerprint density at radius 2 is 1.23 bits per heavy atom. The molecule has 2 heteroatoms. The maximum Gasteiger partial charge on any atom is 0.0979 e. The van der Waals surface area contributed by atoms with Crippen molar-refractivity contribution in [3.8, 4) is 33.6 Å². The molecule has 2 nitrogen and oxygen atoms in total. The van der Waals surface area contributed by atoms with Crippen LogP contribution in [0, 0.1) is 0 Å². The minimum Gasteiger partial charge on any atom is -0.244 e. The minimum atomic E-state index is -0.0326. The molecule has 0 unspecified atom stereocenters. The van der Waals surface area contributed by atoms with Crippen molar-refractivity contribution in [2.45, 2.75) is 19.3 Å². The van der Waals surface area contributed by atoms with Crippen LogP contribution in [-0.2, 0) is 5.41 Å². The monoisotopic (exact) mass is 498 g/mol. The molecule has 0 spiro atoms. The molecular weight excluding hydrogens is 472 g/mol. The summed E-state index contributed by atoms with van der Waals surface area (Å²) in [5, 5.41) is 4.73. The fourth-order valence-corrected chi connectivity index (χ4v) is 6.45. The van der Waals surface area contributed by atoms with Gasteiger partial charge >= 0.3 is 0 Å². The van der Waals surface area contributed by atoms with Gasteiger partial charge < -0.3 is 0 Å². The first-order chi connectivity index (χ1) is 19.1. The third kappa shape index (κ3) is 3.21. The molecule has 0 radical (unpaired) electrons. The molecule has 1 aliphatic carbocycles. The molecule has 0 saturated heterocycles. The van der Waals surface area contributed by atoms with Crippen LogP contribution in [0.2, 0.25) is 0 Å². The molecule has 39 heavy (non-hydrogen) atoms. The highest BCUT2D eigenvalue weighted by Crippen LogP contribution is 2.50. The first-order valence-corrected chi connectivity index (χ1v) is 13.5. The van der Waals surface area contributed by atoms with Crippen LogP contribution in [0.5, 0.6) is 0 Å². The average molecular weight is 499 g/mol. The molecule has 0 atom stereocenters. The predicted molar refractivity (Wildman–Crippen MR) is 163 cm³/mol. The first kappa shape index (κ1) is 22.2. The summed E-state index contributed by atoms with van der Waals surface area (Å²) in [6, 6.07) is 43.3. The van der Waals surface area contributed by atoms with E-state index >= 15 is 0 Å². The summed E-state index contributed by atoms with van der Waals surface area (Å²) >= 11 is 0. The molecule has 6 aromatic carbocycles. The van der Waals surface area contributed by atoms with Crippen molar-refractivity contribution in [2.24, 2.45) is 0 Å². The number of fused-ring (bicyclic) bond motifs is 7. The van der Waals surface area contributed by atoms with Gasteiger partial charge in [0.25, 0.3) is 0 Å². The normalized spacial score (nSPS) is 13.6. The lowest BCUT2D eigenvalue weighted by Crippen LogP contribution is -2.14. The number of hydrogen-bond acceptors (Lipinski definition) is 2. The van der Waals surface area contributed by atoms with E-state index in [1.165, 1.54) is 38.4 Å². The van der Waals surface area contributed by atoms with Gasteiger partial charge in [-0.3, -0.25) is 0 Å². The van der Waals surface area contributed by atoms with Crippen LogP contribution in [-0.4, -0.2) is 9.97 Å². The molecule has 8 rings (SSSR count). The second-order valence-corrected chi connectivity index (χ2v) is 11.0. The average Bonchev–Trinajstić information content (AvgIpc) is 3.21. The van der Waals surface area contributed by atoms with Crippen LogP contribution in [0.25, 0.3) is 66.2 Å². The van der Waals surface area contributed by atoms with Crippen LogP contribution < -0.4 is 0 Å². The first-order valence-electron chi connectivity index (χ1n) is 13.5. The summed E-state index contributed by atoms with van der Waals surface area (Å²) in [5.41, 5.74) is 11.2. The van der Waals surface area contributed by atoms with E-state index in [4.69, 9.17) is 9.97 Å². The van der Waals surface area contributed by atoms with Gasteiger partial charge in [0.1, 0.15) is 0 Å². The van der Waals surface area contributed by atoms with Gasteiger partial charge in [-0.25, -0.2) is 9.97 Å². The van der Waals surface area contributed by atoms with Gasteiger partial charge in [0.15, 0.2) is 0 Å². The van der Waals surface area contributed by atoms with Gasteiger partial charge in [0, 0.05) is 21.9 Å². The highest BCUT2D eigenvalue weighted by Gasteiger charge is 2.35. The molecule has 184 valence electrons. The molecule has 0 saturated carbocycles. The van der Waals surface area contributed by atoms with Gasteiger partial charge in [-0.15, -0.1) is 0 Å². The maximum atomic E-state index is 5.33. The lowest BCUT2D eigenvalue weighted by Gasteiger charge is -2.22. The number of rotatable bonds is 2. The molecule has 0 amide bonds. The summed E-state index contributed by atoms with van der Waals surface area (Å²) < 4.78 is 0. The van der Waals surface area contributed by atoms with E-state index in [-0.39, 0.29) is 5.41 Å². The second kappa shape index (κ2) is 8.09. The Bertz CT molecular complexity index is 2090. The fraction of sp³-hybridized carbons (Fsp3) is 0.0811. The largest absolute Gasteiger partial charge is 0.244 e. The quantitative estimate of drug-likeness (QED) is 0.222. The van der Waals surface area contributed by atoms with Crippen molar-refractivity contribution in [1.29, 1.82) is 0 Å². The zero-order chi connectivity index (χ0) is 26.1. The van der Waals surface area contributed by atoms with Gasteiger partial charge in [0.2, 0.25) is 0 Å². The van der Waals surface area contributed by atoms with Gasteiger partial charge in [0.05, 0.1) is 22.4 Å². The van der Waals surface area contributed by atoms with Crippen molar-refractivity contribution in [2.75, 3.05) is 0 Å². The Labute approximate surface area is 227 Å². The maximum absolute atomic E-state index is 5.33.